The third-order valence-corrected chi connectivity index (χ3v) is 7.63. The fraction of sp³-hybridized carbons (Fsp3) is 0.395. The zero-order valence-corrected chi connectivity index (χ0v) is 26.9. The summed E-state index contributed by atoms with van der Waals surface area (Å²) in [6.07, 6.45) is 6.35. The first-order chi connectivity index (χ1) is 21.5. The van der Waals surface area contributed by atoms with Gasteiger partial charge in [-0.15, -0.1) is 0 Å². The molecular formula is C38H46N2O4. The minimum Gasteiger partial charge on any atom is -0.473 e. The van der Waals surface area contributed by atoms with E-state index in [-0.39, 0.29) is 0 Å². The van der Waals surface area contributed by atoms with Crippen LogP contribution in [0.15, 0.2) is 72.8 Å². The van der Waals surface area contributed by atoms with Crippen LogP contribution in [0.5, 0.6) is 11.6 Å². The van der Waals surface area contributed by atoms with E-state index in [2.05, 4.69) is 45.0 Å². The molecule has 0 N–H and O–H groups in total. The van der Waals surface area contributed by atoms with Gasteiger partial charge in [-0.25, -0.2) is 9.78 Å². The Morgan fingerprint density at radius 3 is 2.02 bits per heavy atom. The number of carbonyl (C=O) groups is 1. The molecule has 0 spiro atoms. The van der Waals surface area contributed by atoms with E-state index in [1.807, 2.05) is 55.5 Å². The Bertz CT molecular complexity index is 1460. The summed E-state index contributed by atoms with van der Waals surface area (Å²) in [4.78, 5) is 22.6. The average molecular weight is 595 g/mol. The Hall–Kier alpha value is -4.19. The molecule has 1 heterocycles. The molecule has 4 rings (SSSR count). The lowest BCUT2D eigenvalue weighted by molar-refractivity contribution is -0.149. The van der Waals surface area contributed by atoms with Crippen molar-refractivity contribution >= 4 is 5.97 Å². The lowest BCUT2D eigenvalue weighted by atomic mass is 9.93. The average Bonchev–Trinajstić information content (AvgIpc) is 3.04. The predicted octanol–water partition coefficient (Wildman–Crippen LogP) is 8.50. The van der Waals surface area contributed by atoms with Crippen molar-refractivity contribution in [2.75, 3.05) is 7.11 Å². The summed E-state index contributed by atoms with van der Waals surface area (Å²) >= 11 is 0. The fourth-order valence-corrected chi connectivity index (χ4v) is 5.50. The molecule has 3 aromatic carbocycles. The molecular weight excluding hydrogens is 548 g/mol. The number of ether oxygens (including phenoxy) is 3. The summed E-state index contributed by atoms with van der Waals surface area (Å²) in [6, 6.07) is 24.2. The topological polar surface area (TPSA) is 70.5 Å². The molecule has 0 bridgehead atoms. The molecule has 4 aromatic rings. The standard InChI is InChI=1S/C38H46N2O4/c1-6-9-22-34-33(37(40-27(4)39-34)43-26-28-18-12-10-13-19-28)25-29-23-31(16-7-2)35(32(24-29)17-8-3)44-36(38(41)42-5)30-20-14-11-15-21-30/h10-15,18-21,23-24,36H,6-9,16-17,22,25-26H2,1-5H3. The highest BCUT2D eigenvalue weighted by Crippen LogP contribution is 2.35. The van der Waals surface area contributed by atoms with E-state index in [9.17, 15) is 4.79 Å². The molecule has 0 aliphatic rings. The van der Waals surface area contributed by atoms with Gasteiger partial charge in [0, 0.05) is 17.5 Å². The molecule has 0 amide bonds. The Balaban J connectivity index is 1.76. The molecule has 0 radical (unpaired) electrons. The van der Waals surface area contributed by atoms with Crippen LogP contribution in [0.4, 0.5) is 0 Å². The van der Waals surface area contributed by atoms with Gasteiger partial charge < -0.3 is 14.2 Å². The number of nitrogens with zero attached hydrogens (tertiary/aromatic N) is 2. The fourth-order valence-electron chi connectivity index (χ4n) is 5.50. The number of hydrogen-bond acceptors (Lipinski definition) is 6. The number of methoxy groups -OCH3 is 1. The number of esters is 1. The minimum atomic E-state index is -0.845. The number of carbonyl (C=O) groups excluding carboxylic acids is 1. The van der Waals surface area contributed by atoms with Crippen LogP contribution in [0.1, 0.15) is 97.5 Å². The van der Waals surface area contributed by atoms with Gasteiger partial charge in [-0.05, 0) is 54.9 Å². The van der Waals surface area contributed by atoms with Crippen LogP contribution in [0.2, 0.25) is 0 Å². The molecule has 6 nitrogen and oxygen atoms in total. The molecule has 6 heteroatoms. The van der Waals surface area contributed by atoms with Gasteiger partial charge in [0.05, 0.1) is 12.8 Å². The maximum absolute atomic E-state index is 12.9. The van der Waals surface area contributed by atoms with Gasteiger partial charge in [0.25, 0.3) is 0 Å². The molecule has 0 aliphatic carbocycles. The monoisotopic (exact) mass is 594 g/mol. The molecule has 44 heavy (non-hydrogen) atoms. The highest BCUT2D eigenvalue weighted by molar-refractivity contribution is 5.77. The smallest absolute Gasteiger partial charge is 0.351 e. The predicted molar refractivity (Wildman–Crippen MR) is 175 cm³/mol. The number of rotatable bonds is 16. The largest absolute Gasteiger partial charge is 0.473 e. The lowest BCUT2D eigenvalue weighted by Gasteiger charge is -2.23. The molecule has 232 valence electrons. The second kappa shape index (κ2) is 16.6. The molecule has 0 fully saturated rings. The SMILES string of the molecule is CCCCc1nc(C)nc(OCc2ccccc2)c1Cc1cc(CCC)c(OC(C(=O)OC)c2ccccc2)c(CCC)c1. The van der Waals surface area contributed by atoms with Gasteiger partial charge in [0.15, 0.2) is 0 Å². The number of aryl methyl sites for hydroxylation is 4. The summed E-state index contributed by atoms with van der Waals surface area (Å²) in [6.45, 7) is 8.91. The zero-order chi connectivity index (χ0) is 31.3. The summed E-state index contributed by atoms with van der Waals surface area (Å²) < 4.78 is 18.2. The molecule has 1 atom stereocenters. The van der Waals surface area contributed by atoms with Gasteiger partial charge in [0.2, 0.25) is 12.0 Å². The molecule has 0 saturated carbocycles. The number of aromatic nitrogens is 2. The number of hydrogen-bond donors (Lipinski definition) is 0. The van der Waals surface area contributed by atoms with Crippen molar-refractivity contribution in [2.24, 2.45) is 0 Å². The van der Waals surface area contributed by atoms with Crippen molar-refractivity contribution in [2.45, 2.75) is 91.8 Å². The molecule has 0 aliphatic heterocycles. The first-order valence-electron chi connectivity index (χ1n) is 15.9. The summed E-state index contributed by atoms with van der Waals surface area (Å²) in [5.74, 6) is 1.74. The van der Waals surface area contributed by atoms with Crippen LogP contribution in [-0.4, -0.2) is 23.0 Å². The lowest BCUT2D eigenvalue weighted by Crippen LogP contribution is -2.21. The van der Waals surface area contributed by atoms with Crippen LogP contribution in [0, 0.1) is 6.92 Å². The maximum Gasteiger partial charge on any atom is 0.351 e. The van der Waals surface area contributed by atoms with Crippen molar-refractivity contribution in [1.82, 2.24) is 9.97 Å². The highest BCUT2D eigenvalue weighted by atomic mass is 16.6. The number of unbranched alkanes of at least 4 members (excludes halogenated alkanes) is 1. The van der Waals surface area contributed by atoms with Crippen molar-refractivity contribution in [3.8, 4) is 11.6 Å². The van der Waals surface area contributed by atoms with E-state index in [0.717, 1.165) is 95.6 Å². The van der Waals surface area contributed by atoms with Gasteiger partial charge in [-0.2, -0.15) is 4.98 Å². The Morgan fingerprint density at radius 2 is 1.43 bits per heavy atom. The third-order valence-electron chi connectivity index (χ3n) is 7.63. The highest BCUT2D eigenvalue weighted by Gasteiger charge is 2.26. The molecule has 1 unspecified atom stereocenters. The third kappa shape index (κ3) is 8.68. The number of benzene rings is 3. The van der Waals surface area contributed by atoms with E-state index < -0.39 is 12.1 Å². The van der Waals surface area contributed by atoms with Crippen molar-refractivity contribution in [3.63, 3.8) is 0 Å². The van der Waals surface area contributed by atoms with E-state index in [0.29, 0.717) is 18.9 Å². The van der Waals surface area contributed by atoms with E-state index in [1.165, 1.54) is 7.11 Å². The maximum atomic E-state index is 12.9. The van der Waals surface area contributed by atoms with Crippen LogP contribution < -0.4 is 9.47 Å². The van der Waals surface area contributed by atoms with Gasteiger partial charge in [0.1, 0.15) is 18.2 Å². The van der Waals surface area contributed by atoms with Gasteiger partial charge in [-0.3, -0.25) is 0 Å². The van der Waals surface area contributed by atoms with Crippen LogP contribution in [0.25, 0.3) is 0 Å². The minimum absolute atomic E-state index is 0.414. The Morgan fingerprint density at radius 1 is 0.795 bits per heavy atom. The van der Waals surface area contributed by atoms with E-state index in [4.69, 9.17) is 24.2 Å². The Labute approximate surface area is 262 Å². The van der Waals surface area contributed by atoms with Crippen LogP contribution >= 0.6 is 0 Å². The van der Waals surface area contributed by atoms with E-state index in [1.54, 1.807) is 0 Å². The van der Waals surface area contributed by atoms with Crippen LogP contribution in [0.3, 0.4) is 0 Å². The van der Waals surface area contributed by atoms with Crippen molar-refractivity contribution < 1.29 is 19.0 Å². The molecule has 1 aromatic heterocycles. The van der Waals surface area contributed by atoms with Crippen LogP contribution in [-0.2, 0) is 41.8 Å². The van der Waals surface area contributed by atoms with Crippen molar-refractivity contribution in [1.29, 1.82) is 0 Å². The van der Waals surface area contributed by atoms with Gasteiger partial charge in [-0.1, -0.05) is 113 Å². The summed E-state index contributed by atoms with van der Waals surface area (Å²) in [7, 11) is 1.40. The Kier molecular flexibility index (Phi) is 12.3. The quantitative estimate of drug-likeness (QED) is 0.121. The molecule has 0 saturated heterocycles. The zero-order valence-electron chi connectivity index (χ0n) is 26.9. The second-order valence-corrected chi connectivity index (χ2v) is 11.2. The first kappa shape index (κ1) is 32.7. The normalized spacial score (nSPS) is 11.7. The first-order valence-corrected chi connectivity index (χ1v) is 15.9. The van der Waals surface area contributed by atoms with Gasteiger partial charge >= 0.3 is 5.97 Å². The van der Waals surface area contributed by atoms with E-state index >= 15 is 0 Å². The van der Waals surface area contributed by atoms with Crippen molar-refractivity contribution in [3.05, 3.63) is 118 Å². The summed E-state index contributed by atoms with van der Waals surface area (Å²) in [5, 5.41) is 0. The second-order valence-electron chi connectivity index (χ2n) is 11.2. The summed E-state index contributed by atoms with van der Waals surface area (Å²) in [5.41, 5.74) is 7.29.